The van der Waals surface area contributed by atoms with Crippen LogP contribution in [0.25, 0.3) is 21.7 Å². The molecule has 5 heteroatoms. The number of aliphatic hydroxyl groups excluding tert-OH is 1. The van der Waals surface area contributed by atoms with Gasteiger partial charge in [0.1, 0.15) is 5.69 Å². The first-order valence-electron chi connectivity index (χ1n) is 7.14. The van der Waals surface area contributed by atoms with E-state index in [2.05, 4.69) is 10.3 Å². The number of amides is 1. The lowest BCUT2D eigenvalue weighted by molar-refractivity contribution is 0.0609. The van der Waals surface area contributed by atoms with Crippen molar-refractivity contribution < 1.29 is 14.6 Å². The quantitative estimate of drug-likeness (QED) is 0.675. The molecule has 0 aliphatic heterocycles. The van der Waals surface area contributed by atoms with E-state index in [1.54, 1.807) is 0 Å². The highest BCUT2D eigenvalue weighted by Crippen LogP contribution is 2.25. The van der Waals surface area contributed by atoms with Gasteiger partial charge in [0, 0.05) is 24.6 Å². The number of hydrogen-bond donors (Lipinski definition) is 3. The number of H-pyrrole nitrogens is 1. The van der Waals surface area contributed by atoms with Gasteiger partial charge in [0.05, 0.1) is 12.7 Å². The summed E-state index contributed by atoms with van der Waals surface area (Å²) in [6.07, 6.45) is -0.709. The lowest BCUT2D eigenvalue weighted by Gasteiger charge is -2.09. The summed E-state index contributed by atoms with van der Waals surface area (Å²) >= 11 is 0. The molecule has 0 aliphatic rings. The van der Waals surface area contributed by atoms with Gasteiger partial charge in [0.25, 0.3) is 5.91 Å². The van der Waals surface area contributed by atoms with Crippen LogP contribution in [-0.4, -0.2) is 42.4 Å². The monoisotopic (exact) mass is 298 g/mol. The molecule has 1 amide bonds. The number of fused-ring (bicyclic) bond motifs is 3. The van der Waals surface area contributed by atoms with Crippen molar-refractivity contribution in [2.45, 2.75) is 6.10 Å². The predicted octanol–water partition coefficient (Wildman–Crippen LogP) is 2.06. The molecule has 5 nitrogen and oxygen atoms in total. The van der Waals surface area contributed by atoms with Crippen LogP contribution >= 0.6 is 0 Å². The number of carbonyl (C=O) groups is 1. The summed E-state index contributed by atoms with van der Waals surface area (Å²) in [5.74, 6) is -0.240. The van der Waals surface area contributed by atoms with E-state index in [4.69, 9.17) is 4.74 Å². The smallest absolute Gasteiger partial charge is 0.267 e. The van der Waals surface area contributed by atoms with E-state index in [0.717, 1.165) is 21.7 Å². The van der Waals surface area contributed by atoms with Crippen molar-refractivity contribution in [1.82, 2.24) is 10.3 Å². The van der Waals surface area contributed by atoms with Crippen molar-refractivity contribution in [1.29, 1.82) is 0 Å². The molecule has 0 radical (unpaired) electrons. The zero-order valence-electron chi connectivity index (χ0n) is 12.3. The van der Waals surface area contributed by atoms with E-state index in [1.807, 2.05) is 42.5 Å². The molecular weight excluding hydrogens is 280 g/mol. The van der Waals surface area contributed by atoms with Gasteiger partial charge in [-0.1, -0.05) is 30.3 Å². The maximum absolute atomic E-state index is 12.2. The summed E-state index contributed by atoms with van der Waals surface area (Å²) in [5.41, 5.74) is 1.40. The molecule has 1 atom stereocenters. The summed E-state index contributed by atoms with van der Waals surface area (Å²) in [6, 6.07) is 13.9. The zero-order valence-corrected chi connectivity index (χ0v) is 12.3. The molecule has 0 saturated heterocycles. The summed E-state index contributed by atoms with van der Waals surface area (Å²) < 4.78 is 4.83. The van der Waals surface area contributed by atoms with Crippen molar-refractivity contribution in [2.24, 2.45) is 0 Å². The number of hydrogen-bond acceptors (Lipinski definition) is 3. The fraction of sp³-hybridized carbons (Fsp3) is 0.235. The standard InChI is InChI=1S/C17H18N2O3/c1-22-10-12(20)9-18-17(21)16-8-14-13-5-3-2-4-11(13)6-7-15(14)19-16/h2-8,12,19-20H,9-10H2,1H3,(H,18,21). The average Bonchev–Trinajstić information content (AvgIpc) is 2.97. The Kier molecular flexibility index (Phi) is 4.09. The molecule has 22 heavy (non-hydrogen) atoms. The molecule has 0 spiro atoms. The van der Waals surface area contributed by atoms with Gasteiger partial charge in [0.15, 0.2) is 0 Å². The van der Waals surface area contributed by atoms with Gasteiger partial charge in [-0.05, 0) is 22.9 Å². The van der Waals surface area contributed by atoms with E-state index in [9.17, 15) is 9.90 Å². The minimum absolute atomic E-state index is 0.156. The summed E-state index contributed by atoms with van der Waals surface area (Å²) in [5, 5.41) is 15.5. The lowest BCUT2D eigenvalue weighted by atomic mass is 10.1. The second kappa shape index (κ2) is 6.17. The van der Waals surface area contributed by atoms with Crippen molar-refractivity contribution >= 4 is 27.6 Å². The first kappa shape index (κ1) is 14.6. The van der Waals surface area contributed by atoms with E-state index in [-0.39, 0.29) is 19.1 Å². The van der Waals surface area contributed by atoms with Crippen molar-refractivity contribution in [2.75, 3.05) is 20.3 Å². The molecule has 0 bridgehead atoms. The molecule has 0 saturated carbocycles. The molecule has 1 aromatic heterocycles. The van der Waals surface area contributed by atoms with Crippen LogP contribution in [0, 0.1) is 0 Å². The molecule has 3 aromatic rings. The normalized spacial score (nSPS) is 12.6. The number of aromatic amines is 1. The predicted molar refractivity (Wildman–Crippen MR) is 86.0 cm³/mol. The fourth-order valence-corrected chi connectivity index (χ4v) is 2.56. The molecular formula is C17H18N2O3. The van der Waals surface area contributed by atoms with Crippen LogP contribution in [0.15, 0.2) is 42.5 Å². The highest BCUT2D eigenvalue weighted by Gasteiger charge is 2.12. The Morgan fingerprint density at radius 1 is 1.27 bits per heavy atom. The number of aliphatic hydroxyl groups is 1. The van der Waals surface area contributed by atoms with E-state index in [0.29, 0.717) is 5.69 Å². The molecule has 3 N–H and O–H groups in total. The third kappa shape index (κ3) is 2.81. The number of ether oxygens (including phenoxy) is 1. The van der Waals surface area contributed by atoms with Crippen molar-refractivity contribution in [3.05, 3.63) is 48.2 Å². The minimum Gasteiger partial charge on any atom is -0.389 e. The number of nitrogens with one attached hydrogen (secondary N) is 2. The largest absolute Gasteiger partial charge is 0.389 e. The van der Waals surface area contributed by atoms with Gasteiger partial charge in [-0.2, -0.15) is 0 Å². The van der Waals surface area contributed by atoms with Gasteiger partial charge < -0.3 is 20.1 Å². The third-order valence-electron chi connectivity index (χ3n) is 3.63. The van der Waals surface area contributed by atoms with Crippen LogP contribution in [0.5, 0.6) is 0 Å². The summed E-state index contributed by atoms with van der Waals surface area (Å²) in [4.78, 5) is 15.3. The summed E-state index contributed by atoms with van der Waals surface area (Å²) in [7, 11) is 1.51. The molecule has 0 fully saturated rings. The number of carbonyl (C=O) groups excluding carboxylic acids is 1. The van der Waals surface area contributed by atoms with Gasteiger partial charge in [-0.25, -0.2) is 0 Å². The fourth-order valence-electron chi connectivity index (χ4n) is 2.56. The Labute approximate surface area is 127 Å². The number of methoxy groups -OCH3 is 1. The van der Waals surface area contributed by atoms with Gasteiger partial charge >= 0.3 is 0 Å². The van der Waals surface area contributed by atoms with Crippen LogP contribution in [0.2, 0.25) is 0 Å². The Morgan fingerprint density at radius 3 is 2.91 bits per heavy atom. The molecule has 3 rings (SSSR count). The average molecular weight is 298 g/mol. The molecule has 114 valence electrons. The summed E-state index contributed by atoms with van der Waals surface area (Å²) in [6.45, 7) is 0.348. The topological polar surface area (TPSA) is 74.3 Å². The van der Waals surface area contributed by atoms with Crippen LogP contribution < -0.4 is 5.32 Å². The maximum Gasteiger partial charge on any atom is 0.267 e. The second-order valence-electron chi connectivity index (χ2n) is 5.25. The van der Waals surface area contributed by atoms with Crippen LogP contribution in [0.1, 0.15) is 10.5 Å². The second-order valence-corrected chi connectivity index (χ2v) is 5.25. The molecule has 1 heterocycles. The maximum atomic E-state index is 12.2. The van der Waals surface area contributed by atoms with Crippen LogP contribution in [0.4, 0.5) is 0 Å². The Balaban J connectivity index is 1.85. The molecule has 1 unspecified atom stereocenters. The Hall–Kier alpha value is -2.37. The van der Waals surface area contributed by atoms with Gasteiger partial charge in [-0.15, -0.1) is 0 Å². The van der Waals surface area contributed by atoms with Crippen molar-refractivity contribution in [3.8, 4) is 0 Å². The Morgan fingerprint density at radius 2 is 2.09 bits per heavy atom. The third-order valence-corrected chi connectivity index (χ3v) is 3.63. The Bertz CT molecular complexity index is 810. The first-order chi connectivity index (χ1) is 10.7. The van der Waals surface area contributed by atoms with Crippen LogP contribution in [0.3, 0.4) is 0 Å². The van der Waals surface area contributed by atoms with Gasteiger partial charge in [0.2, 0.25) is 0 Å². The number of benzene rings is 2. The van der Waals surface area contributed by atoms with Crippen molar-refractivity contribution in [3.63, 3.8) is 0 Å². The number of rotatable bonds is 5. The minimum atomic E-state index is -0.709. The van der Waals surface area contributed by atoms with Crippen LogP contribution in [-0.2, 0) is 4.74 Å². The van der Waals surface area contributed by atoms with E-state index >= 15 is 0 Å². The molecule has 2 aromatic carbocycles. The highest BCUT2D eigenvalue weighted by molar-refractivity contribution is 6.09. The highest BCUT2D eigenvalue weighted by atomic mass is 16.5. The van der Waals surface area contributed by atoms with E-state index in [1.165, 1.54) is 7.11 Å². The first-order valence-corrected chi connectivity index (χ1v) is 7.14. The van der Waals surface area contributed by atoms with Gasteiger partial charge in [-0.3, -0.25) is 4.79 Å². The lowest BCUT2D eigenvalue weighted by Crippen LogP contribution is -2.34. The number of aromatic nitrogens is 1. The zero-order chi connectivity index (χ0) is 15.5. The molecule has 0 aliphatic carbocycles. The van der Waals surface area contributed by atoms with E-state index < -0.39 is 6.10 Å². The SMILES string of the molecule is COCC(O)CNC(=O)c1cc2c(ccc3ccccc32)[nH]1.